The fourth-order valence-electron chi connectivity index (χ4n) is 2.84. The number of carbonyl (C=O) groups excluding carboxylic acids is 1. The lowest BCUT2D eigenvalue weighted by molar-refractivity contribution is -0.117. The van der Waals surface area contributed by atoms with Gasteiger partial charge in [-0.3, -0.25) is 4.79 Å². The molecule has 0 N–H and O–H groups in total. The van der Waals surface area contributed by atoms with E-state index >= 15 is 0 Å². The summed E-state index contributed by atoms with van der Waals surface area (Å²) in [5.74, 6) is 1.36. The lowest BCUT2D eigenvalue weighted by Crippen LogP contribution is -2.25. The van der Waals surface area contributed by atoms with Crippen molar-refractivity contribution in [2.75, 3.05) is 17.2 Å². The first kappa shape index (κ1) is 12.5. The van der Waals surface area contributed by atoms with E-state index in [0.29, 0.717) is 12.3 Å². The van der Waals surface area contributed by atoms with Gasteiger partial charge in [0, 0.05) is 18.4 Å². The fraction of sp³-hybridized carbons (Fsp3) is 0.312. The average molecular weight is 271 g/mol. The van der Waals surface area contributed by atoms with Gasteiger partial charge in [-0.1, -0.05) is 36.4 Å². The zero-order valence-corrected chi connectivity index (χ0v) is 11.9. The molecular weight excluding hydrogens is 254 g/mol. The first-order valence-corrected chi connectivity index (χ1v) is 7.23. The molecule has 3 heteroatoms. The molecule has 19 heavy (non-hydrogen) atoms. The third kappa shape index (κ3) is 2.12. The van der Waals surface area contributed by atoms with E-state index in [2.05, 4.69) is 43.8 Å². The molecule has 1 aliphatic heterocycles. The number of anilines is 1. The van der Waals surface area contributed by atoms with Crippen LogP contribution >= 0.6 is 12.6 Å². The summed E-state index contributed by atoms with van der Waals surface area (Å²) in [5, 5.41) is 2.35. The van der Waals surface area contributed by atoms with Gasteiger partial charge in [0.25, 0.3) is 0 Å². The highest BCUT2D eigenvalue weighted by molar-refractivity contribution is 7.80. The first-order chi connectivity index (χ1) is 9.20. The van der Waals surface area contributed by atoms with Gasteiger partial charge in [-0.2, -0.15) is 12.6 Å². The van der Waals surface area contributed by atoms with Crippen molar-refractivity contribution < 1.29 is 4.79 Å². The second-order valence-corrected chi connectivity index (χ2v) is 5.57. The number of fused-ring (bicyclic) bond motifs is 1. The minimum atomic E-state index is 0.221. The number of aryl methyl sites for hydroxylation is 1. The number of thiol groups is 1. The van der Waals surface area contributed by atoms with Gasteiger partial charge in [-0.25, -0.2) is 0 Å². The SMILES string of the molecule is Cc1ccc2ccccc2c1N1CC(CS)CC1=O. The molecule has 0 aromatic heterocycles. The molecule has 0 aliphatic carbocycles. The maximum absolute atomic E-state index is 12.2. The van der Waals surface area contributed by atoms with E-state index in [1.807, 2.05) is 17.0 Å². The molecule has 1 heterocycles. The second kappa shape index (κ2) is 4.89. The standard InChI is InChI=1S/C16H17NOS/c1-11-6-7-13-4-2-3-5-14(13)16(11)17-9-12(10-19)8-15(17)18/h2-7,12,19H,8-10H2,1H3. The summed E-state index contributed by atoms with van der Waals surface area (Å²) >= 11 is 4.33. The highest BCUT2D eigenvalue weighted by Crippen LogP contribution is 2.34. The van der Waals surface area contributed by atoms with Crippen LogP contribution in [0, 0.1) is 12.8 Å². The zero-order chi connectivity index (χ0) is 13.4. The molecule has 2 aromatic carbocycles. The van der Waals surface area contributed by atoms with Gasteiger partial charge < -0.3 is 4.90 Å². The van der Waals surface area contributed by atoms with E-state index in [0.717, 1.165) is 28.9 Å². The number of carbonyl (C=O) groups is 1. The van der Waals surface area contributed by atoms with Gasteiger partial charge in [-0.05, 0) is 29.5 Å². The number of nitrogens with zero attached hydrogens (tertiary/aromatic N) is 1. The van der Waals surface area contributed by atoms with Crippen molar-refractivity contribution in [2.24, 2.45) is 5.92 Å². The molecule has 2 nitrogen and oxygen atoms in total. The molecule has 1 aliphatic rings. The molecule has 1 atom stereocenters. The van der Waals surface area contributed by atoms with E-state index in [4.69, 9.17) is 0 Å². The molecule has 1 saturated heterocycles. The Bertz CT molecular complexity index is 638. The van der Waals surface area contributed by atoms with E-state index in [1.54, 1.807) is 0 Å². The zero-order valence-electron chi connectivity index (χ0n) is 11.0. The molecule has 0 radical (unpaired) electrons. The number of benzene rings is 2. The van der Waals surface area contributed by atoms with Gasteiger partial charge in [0.1, 0.15) is 0 Å². The lowest BCUT2D eigenvalue weighted by Gasteiger charge is -2.21. The van der Waals surface area contributed by atoms with Crippen molar-refractivity contribution in [3.63, 3.8) is 0 Å². The third-order valence-electron chi connectivity index (χ3n) is 3.84. The van der Waals surface area contributed by atoms with Crippen molar-refractivity contribution in [2.45, 2.75) is 13.3 Å². The average Bonchev–Trinajstić information content (AvgIpc) is 2.80. The molecule has 1 fully saturated rings. The van der Waals surface area contributed by atoms with Crippen molar-refractivity contribution in [3.05, 3.63) is 42.0 Å². The minimum absolute atomic E-state index is 0.221. The number of rotatable bonds is 2. The summed E-state index contributed by atoms with van der Waals surface area (Å²) in [7, 11) is 0. The molecule has 0 bridgehead atoms. The minimum Gasteiger partial charge on any atom is -0.311 e. The summed E-state index contributed by atoms with van der Waals surface area (Å²) in [6.07, 6.45) is 0.617. The third-order valence-corrected chi connectivity index (χ3v) is 4.35. The Hall–Kier alpha value is -1.48. The maximum Gasteiger partial charge on any atom is 0.227 e. The molecule has 0 saturated carbocycles. The largest absolute Gasteiger partial charge is 0.311 e. The van der Waals surface area contributed by atoms with Gasteiger partial charge >= 0.3 is 0 Å². The van der Waals surface area contributed by atoms with Crippen LogP contribution in [0.4, 0.5) is 5.69 Å². The maximum atomic E-state index is 12.2. The van der Waals surface area contributed by atoms with Crippen LogP contribution in [0.3, 0.4) is 0 Å². The van der Waals surface area contributed by atoms with Crippen molar-refractivity contribution in [1.82, 2.24) is 0 Å². The molecule has 3 rings (SSSR count). The van der Waals surface area contributed by atoms with Crippen molar-refractivity contribution in [1.29, 1.82) is 0 Å². The van der Waals surface area contributed by atoms with Crippen molar-refractivity contribution >= 4 is 35.0 Å². The van der Waals surface area contributed by atoms with Gasteiger partial charge in [0.15, 0.2) is 0 Å². The molecule has 1 amide bonds. The fourth-order valence-corrected chi connectivity index (χ4v) is 3.09. The number of hydrogen-bond donors (Lipinski definition) is 1. The smallest absolute Gasteiger partial charge is 0.227 e. The quantitative estimate of drug-likeness (QED) is 0.830. The van der Waals surface area contributed by atoms with Crippen LogP contribution in [0.2, 0.25) is 0 Å². The van der Waals surface area contributed by atoms with Gasteiger partial charge in [0.05, 0.1) is 5.69 Å². The number of hydrogen-bond acceptors (Lipinski definition) is 2. The van der Waals surface area contributed by atoms with Gasteiger partial charge in [0.2, 0.25) is 5.91 Å². The molecule has 1 unspecified atom stereocenters. The first-order valence-electron chi connectivity index (χ1n) is 6.60. The van der Waals surface area contributed by atoms with Gasteiger partial charge in [-0.15, -0.1) is 0 Å². The Morgan fingerprint density at radius 1 is 1.26 bits per heavy atom. The predicted molar refractivity (Wildman–Crippen MR) is 83.0 cm³/mol. The summed E-state index contributed by atoms with van der Waals surface area (Å²) < 4.78 is 0. The van der Waals surface area contributed by atoms with E-state index in [1.165, 1.54) is 5.39 Å². The monoisotopic (exact) mass is 271 g/mol. The Morgan fingerprint density at radius 3 is 2.79 bits per heavy atom. The van der Waals surface area contributed by atoms with Crippen LogP contribution in [0.1, 0.15) is 12.0 Å². The van der Waals surface area contributed by atoms with E-state index in [9.17, 15) is 4.79 Å². The van der Waals surface area contributed by atoms with E-state index < -0.39 is 0 Å². The summed E-state index contributed by atoms with van der Waals surface area (Å²) in [6.45, 7) is 2.86. The summed E-state index contributed by atoms with van der Waals surface area (Å²) in [5.41, 5.74) is 2.24. The topological polar surface area (TPSA) is 20.3 Å². The second-order valence-electron chi connectivity index (χ2n) is 5.21. The predicted octanol–water partition coefficient (Wildman–Crippen LogP) is 3.43. The van der Waals surface area contributed by atoms with Crippen LogP contribution in [-0.2, 0) is 4.79 Å². The highest BCUT2D eigenvalue weighted by atomic mass is 32.1. The Balaban J connectivity index is 2.14. The Kier molecular flexibility index (Phi) is 3.23. The molecule has 98 valence electrons. The molecular formula is C16H17NOS. The van der Waals surface area contributed by atoms with Crippen LogP contribution in [0.25, 0.3) is 10.8 Å². The van der Waals surface area contributed by atoms with Crippen LogP contribution in [0.15, 0.2) is 36.4 Å². The normalized spacial score (nSPS) is 19.4. The Morgan fingerprint density at radius 2 is 2.05 bits per heavy atom. The van der Waals surface area contributed by atoms with Crippen LogP contribution in [-0.4, -0.2) is 18.2 Å². The lowest BCUT2D eigenvalue weighted by atomic mass is 10.0. The van der Waals surface area contributed by atoms with Crippen LogP contribution in [0.5, 0.6) is 0 Å². The summed E-state index contributed by atoms with van der Waals surface area (Å²) in [6, 6.07) is 12.5. The summed E-state index contributed by atoms with van der Waals surface area (Å²) in [4.78, 5) is 14.2. The molecule has 2 aromatic rings. The highest BCUT2D eigenvalue weighted by Gasteiger charge is 2.31. The Labute approximate surface area is 118 Å². The van der Waals surface area contributed by atoms with Crippen molar-refractivity contribution in [3.8, 4) is 0 Å². The van der Waals surface area contributed by atoms with Crippen LogP contribution < -0.4 is 4.90 Å². The number of amides is 1. The molecule has 0 spiro atoms. The van der Waals surface area contributed by atoms with E-state index in [-0.39, 0.29) is 5.91 Å².